The van der Waals surface area contributed by atoms with Crippen molar-refractivity contribution in [3.63, 3.8) is 0 Å². The summed E-state index contributed by atoms with van der Waals surface area (Å²) in [6.45, 7) is 9.65. The lowest BCUT2D eigenvalue weighted by molar-refractivity contribution is 0.277. The number of hydrogen-bond donors (Lipinski definition) is 1. The van der Waals surface area contributed by atoms with E-state index in [-0.39, 0.29) is 0 Å². The van der Waals surface area contributed by atoms with E-state index in [1.807, 2.05) is 10.6 Å². The number of aromatic nitrogens is 3. The molecule has 136 valence electrons. The van der Waals surface area contributed by atoms with Gasteiger partial charge in [0, 0.05) is 29.9 Å². The SMILES string of the molecule is CCN1CCCC1CNc1cc(C)nc2c(-c3ccccc3)c(C)nn12. The van der Waals surface area contributed by atoms with Gasteiger partial charge in [0.1, 0.15) is 5.82 Å². The fraction of sp³-hybridized carbons (Fsp3) is 0.429. The first-order valence-corrected chi connectivity index (χ1v) is 9.57. The first kappa shape index (κ1) is 17.0. The van der Waals surface area contributed by atoms with Crippen molar-refractivity contribution < 1.29 is 0 Å². The van der Waals surface area contributed by atoms with Crippen LogP contribution in [0.3, 0.4) is 0 Å². The summed E-state index contributed by atoms with van der Waals surface area (Å²) in [6.07, 6.45) is 2.56. The maximum absolute atomic E-state index is 4.79. The average molecular weight is 349 g/mol. The van der Waals surface area contributed by atoms with Crippen LogP contribution in [-0.4, -0.2) is 45.2 Å². The summed E-state index contributed by atoms with van der Waals surface area (Å²) >= 11 is 0. The van der Waals surface area contributed by atoms with Crippen LogP contribution in [0.1, 0.15) is 31.2 Å². The summed E-state index contributed by atoms with van der Waals surface area (Å²) in [4.78, 5) is 7.35. The first-order chi connectivity index (χ1) is 12.7. The molecule has 0 aliphatic carbocycles. The summed E-state index contributed by atoms with van der Waals surface area (Å²) in [5.74, 6) is 1.03. The molecule has 1 aliphatic heterocycles. The number of nitrogens with zero attached hydrogens (tertiary/aromatic N) is 4. The van der Waals surface area contributed by atoms with Gasteiger partial charge in [0.25, 0.3) is 0 Å². The number of nitrogens with one attached hydrogen (secondary N) is 1. The molecule has 2 aromatic heterocycles. The monoisotopic (exact) mass is 349 g/mol. The molecule has 3 aromatic rings. The zero-order chi connectivity index (χ0) is 18.1. The molecule has 1 N–H and O–H groups in total. The van der Waals surface area contributed by atoms with Crippen molar-refractivity contribution in [1.82, 2.24) is 19.5 Å². The third-order valence-electron chi connectivity index (χ3n) is 5.38. The third-order valence-corrected chi connectivity index (χ3v) is 5.38. The Hall–Kier alpha value is -2.40. The van der Waals surface area contributed by atoms with Gasteiger partial charge >= 0.3 is 0 Å². The third kappa shape index (κ3) is 3.07. The Balaban J connectivity index is 1.70. The fourth-order valence-corrected chi connectivity index (χ4v) is 4.08. The molecule has 0 saturated carbocycles. The number of anilines is 1. The number of benzene rings is 1. The van der Waals surface area contributed by atoms with E-state index < -0.39 is 0 Å². The fourth-order valence-electron chi connectivity index (χ4n) is 4.08. The second-order valence-corrected chi connectivity index (χ2v) is 7.15. The molecular weight excluding hydrogens is 322 g/mol. The molecule has 0 spiro atoms. The molecule has 1 saturated heterocycles. The molecule has 1 aromatic carbocycles. The Morgan fingerprint density at radius 3 is 2.77 bits per heavy atom. The van der Waals surface area contributed by atoms with Crippen LogP contribution in [-0.2, 0) is 0 Å². The summed E-state index contributed by atoms with van der Waals surface area (Å²) in [7, 11) is 0. The van der Waals surface area contributed by atoms with Gasteiger partial charge in [-0.15, -0.1) is 0 Å². The maximum atomic E-state index is 4.79. The molecular formula is C21H27N5. The Bertz CT molecular complexity index is 900. The highest BCUT2D eigenvalue weighted by molar-refractivity contribution is 5.80. The van der Waals surface area contributed by atoms with E-state index in [9.17, 15) is 0 Å². The normalized spacial score (nSPS) is 17.9. The highest BCUT2D eigenvalue weighted by atomic mass is 15.3. The topological polar surface area (TPSA) is 45.5 Å². The standard InChI is InChI=1S/C21H27N5/c1-4-25-12-8-11-18(25)14-22-19-13-15(2)23-21-20(16(3)24-26(19)21)17-9-6-5-7-10-17/h5-7,9-10,13,18,22H,4,8,11-12,14H2,1-3H3. The van der Waals surface area contributed by atoms with E-state index in [0.717, 1.165) is 47.1 Å². The lowest BCUT2D eigenvalue weighted by Crippen LogP contribution is -2.35. The van der Waals surface area contributed by atoms with Crippen molar-refractivity contribution in [3.05, 3.63) is 47.8 Å². The van der Waals surface area contributed by atoms with Gasteiger partial charge in [-0.2, -0.15) is 9.61 Å². The minimum atomic E-state index is 0.605. The van der Waals surface area contributed by atoms with E-state index in [2.05, 4.69) is 61.3 Å². The van der Waals surface area contributed by atoms with Crippen LogP contribution in [0.2, 0.25) is 0 Å². The molecule has 4 rings (SSSR count). The minimum Gasteiger partial charge on any atom is -0.368 e. The van der Waals surface area contributed by atoms with Crippen molar-refractivity contribution in [2.45, 2.75) is 39.7 Å². The van der Waals surface area contributed by atoms with Gasteiger partial charge in [-0.25, -0.2) is 4.98 Å². The van der Waals surface area contributed by atoms with Crippen LogP contribution in [0.5, 0.6) is 0 Å². The van der Waals surface area contributed by atoms with Gasteiger partial charge in [-0.3, -0.25) is 4.90 Å². The minimum absolute atomic E-state index is 0.605. The molecule has 0 bridgehead atoms. The molecule has 0 amide bonds. The van der Waals surface area contributed by atoms with Gasteiger partial charge < -0.3 is 5.32 Å². The van der Waals surface area contributed by atoms with Crippen molar-refractivity contribution >= 4 is 11.5 Å². The van der Waals surface area contributed by atoms with Crippen LogP contribution < -0.4 is 5.32 Å². The zero-order valence-electron chi connectivity index (χ0n) is 15.9. The summed E-state index contributed by atoms with van der Waals surface area (Å²) in [5, 5.41) is 8.44. The number of fused-ring (bicyclic) bond motifs is 1. The van der Waals surface area contributed by atoms with Crippen LogP contribution >= 0.6 is 0 Å². The predicted octanol–water partition coefficient (Wildman–Crippen LogP) is 3.91. The Kier molecular flexibility index (Phi) is 4.64. The van der Waals surface area contributed by atoms with Crippen LogP contribution in [0.15, 0.2) is 36.4 Å². The average Bonchev–Trinajstić information content (AvgIpc) is 3.23. The van der Waals surface area contributed by atoms with Gasteiger partial charge in [-0.1, -0.05) is 37.3 Å². The number of likely N-dealkylation sites (N-methyl/N-ethyl adjacent to an activating group) is 1. The quantitative estimate of drug-likeness (QED) is 0.758. The second-order valence-electron chi connectivity index (χ2n) is 7.15. The van der Waals surface area contributed by atoms with Gasteiger partial charge in [0.15, 0.2) is 5.65 Å². The van der Waals surface area contributed by atoms with Gasteiger partial charge in [-0.05, 0) is 45.3 Å². The molecule has 3 heterocycles. The van der Waals surface area contributed by atoms with Gasteiger partial charge in [0.2, 0.25) is 0 Å². The van der Waals surface area contributed by atoms with Crippen molar-refractivity contribution in [1.29, 1.82) is 0 Å². The Labute approximate surface area is 155 Å². The van der Waals surface area contributed by atoms with E-state index in [1.54, 1.807) is 0 Å². The number of hydrogen-bond acceptors (Lipinski definition) is 4. The van der Waals surface area contributed by atoms with E-state index in [0.29, 0.717) is 6.04 Å². The van der Waals surface area contributed by atoms with E-state index >= 15 is 0 Å². The zero-order valence-corrected chi connectivity index (χ0v) is 15.9. The van der Waals surface area contributed by atoms with Crippen molar-refractivity contribution in [2.24, 2.45) is 0 Å². The first-order valence-electron chi connectivity index (χ1n) is 9.57. The molecule has 5 heteroatoms. The molecule has 5 nitrogen and oxygen atoms in total. The van der Waals surface area contributed by atoms with Crippen LogP contribution in [0, 0.1) is 13.8 Å². The molecule has 1 aliphatic rings. The molecule has 0 radical (unpaired) electrons. The maximum Gasteiger partial charge on any atom is 0.165 e. The highest BCUT2D eigenvalue weighted by Gasteiger charge is 2.23. The molecule has 1 fully saturated rings. The van der Waals surface area contributed by atoms with Crippen molar-refractivity contribution in [2.75, 3.05) is 25.0 Å². The molecule has 26 heavy (non-hydrogen) atoms. The molecule has 1 atom stereocenters. The summed E-state index contributed by atoms with van der Waals surface area (Å²) in [6, 6.07) is 13.1. The Morgan fingerprint density at radius 1 is 1.19 bits per heavy atom. The van der Waals surface area contributed by atoms with Crippen molar-refractivity contribution in [3.8, 4) is 11.1 Å². The number of likely N-dealkylation sites (tertiary alicyclic amines) is 1. The highest BCUT2D eigenvalue weighted by Crippen LogP contribution is 2.29. The summed E-state index contributed by atoms with van der Waals surface area (Å²) in [5.41, 5.74) is 5.23. The van der Waals surface area contributed by atoms with Gasteiger partial charge in [0.05, 0.1) is 5.69 Å². The lowest BCUT2D eigenvalue weighted by Gasteiger charge is -2.23. The molecule has 1 unspecified atom stereocenters. The van der Waals surface area contributed by atoms with Crippen LogP contribution in [0.25, 0.3) is 16.8 Å². The second kappa shape index (κ2) is 7.08. The smallest absolute Gasteiger partial charge is 0.165 e. The summed E-state index contributed by atoms with van der Waals surface area (Å²) < 4.78 is 1.97. The predicted molar refractivity (Wildman–Crippen MR) is 107 cm³/mol. The van der Waals surface area contributed by atoms with E-state index in [1.165, 1.54) is 19.4 Å². The Morgan fingerprint density at radius 2 is 2.00 bits per heavy atom. The largest absolute Gasteiger partial charge is 0.368 e. The number of rotatable bonds is 5. The lowest BCUT2D eigenvalue weighted by atomic mass is 10.1. The van der Waals surface area contributed by atoms with Crippen LogP contribution in [0.4, 0.5) is 5.82 Å². The van der Waals surface area contributed by atoms with E-state index in [4.69, 9.17) is 10.1 Å². The number of aryl methyl sites for hydroxylation is 2.